The van der Waals surface area contributed by atoms with E-state index in [0.717, 1.165) is 12.1 Å². The van der Waals surface area contributed by atoms with Gasteiger partial charge in [-0.15, -0.1) is 0 Å². The van der Waals surface area contributed by atoms with Crippen molar-refractivity contribution in [3.8, 4) is 0 Å². The predicted octanol–water partition coefficient (Wildman–Crippen LogP) is 1.70. The molecule has 1 aliphatic heterocycles. The third-order valence-electron chi connectivity index (χ3n) is 6.36. The Morgan fingerprint density at radius 3 is 2.63 bits per heavy atom. The minimum Gasteiger partial charge on any atom is -0.350 e. The molecule has 1 fully saturated rings. The van der Waals surface area contributed by atoms with Crippen LogP contribution in [-0.4, -0.2) is 40.0 Å². The first kappa shape index (κ1) is 24.5. The predicted molar refractivity (Wildman–Crippen MR) is 126 cm³/mol. The maximum Gasteiger partial charge on any atom is 0.272 e. The summed E-state index contributed by atoms with van der Waals surface area (Å²) in [4.78, 5) is 43.1. The van der Waals surface area contributed by atoms with E-state index >= 15 is 0 Å². The molecule has 4 rings (SSSR count). The van der Waals surface area contributed by atoms with Crippen LogP contribution in [0.2, 0.25) is 0 Å². The lowest BCUT2D eigenvalue weighted by Crippen LogP contribution is -2.62. The van der Waals surface area contributed by atoms with Gasteiger partial charge >= 0.3 is 0 Å². The van der Waals surface area contributed by atoms with Crippen LogP contribution in [0.3, 0.4) is 0 Å². The second-order valence-corrected chi connectivity index (χ2v) is 8.71. The van der Waals surface area contributed by atoms with E-state index < -0.39 is 23.1 Å². The molecule has 0 bridgehead atoms. The van der Waals surface area contributed by atoms with E-state index in [0.29, 0.717) is 37.0 Å². The smallest absolute Gasteiger partial charge is 0.272 e. The average Bonchev–Trinajstić information content (AvgIpc) is 2.85. The molecular weight excluding hydrogens is 456 g/mol. The summed E-state index contributed by atoms with van der Waals surface area (Å²) in [7, 11) is 1.66. The molecule has 2 aromatic carbocycles. The summed E-state index contributed by atoms with van der Waals surface area (Å²) in [5.41, 5.74) is 0.346. The summed E-state index contributed by atoms with van der Waals surface area (Å²) in [6.07, 6.45) is 0.814. The topological polar surface area (TPSA) is 105 Å². The minimum atomic E-state index is -1.17. The van der Waals surface area contributed by atoms with Gasteiger partial charge in [-0.1, -0.05) is 18.2 Å². The van der Waals surface area contributed by atoms with Gasteiger partial charge in [0.1, 0.15) is 22.9 Å². The fourth-order valence-corrected chi connectivity index (χ4v) is 4.33. The van der Waals surface area contributed by atoms with Crippen molar-refractivity contribution in [3.63, 3.8) is 0 Å². The Morgan fingerprint density at radius 1 is 1.14 bits per heavy atom. The first-order valence-electron chi connectivity index (χ1n) is 11.5. The van der Waals surface area contributed by atoms with E-state index in [1.165, 1.54) is 10.6 Å². The molecule has 0 radical (unpaired) electrons. The molecule has 0 spiro atoms. The van der Waals surface area contributed by atoms with Gasteiger partial charge in [0.25, 0.3) is 5.56 Å². The summed E-state index contributed by atoms with van der Waals surface area (Å²) in [5, 5.41) is 8.69. The Bertz CT molecular complexity index is 1320. The van der Waals surface area contributed by atoms with Gasteiger partial charge in [0.15, 0.2) is 0 Å². The quantitative estimate of drug-likeness (QED) is 0.475. The molecule has 3 N–H and O–H groups in total. The second-order valence-electron chi connectivity index (χ2n) is 8.71. The van der Waals surface area contributed by atoms with Gasteiger partial charge in [-0.2, -0.15) is 0 Å². The van der Waals surface area contributed by atoms with Gasteiger partial charge < -0.3 is 20.5 Å². The number of rotatable bonds is 7. The third-order valence-corrected chi connectivity index (χ3v) is 6.36. The standard InChI is InChI=1S/C25H27F2N5O3/c1-32-21-5-3-2-4-19(21)30-20(23(32)34)8-9-22(33)31-25(10-12-28-13-11-25)24(35)29-15-16-6-7-17(26)14-18(16)27/h2-7,14,28H,8-13,15H2,1H3,(H,29,35)(H,31,33). The summed E-state index contributed by atoms with van der Waals surface area (Å²) in [5.74, 6) is -2.27. The molecule has 184 valence electrons. The Labute approximate surface area is 200 Å². The lowest BCUT2D eigenvalue weighted by atomic mass is 9.86. The van der Waals surface area contributed by atoms with Gasteiger partial charge in [0.2, 0.25) is 11.8 Å². The normalized spacial score (nSPS) is 15.1. The van der Waals surface area contributed by atoms with Crippen LogP contribution in [0.25, 0.3) is 11.0 Å². The number of hydrogen-bond acceptors (Lipinski definition) is 5. The van der Waals surface area contributed by atoms with Crippen molar-refractivity contribution >= 4 is 22.8 Å². The van der Waals surface area contributed by atoms with Crippen LogP contribution in [-0.2, 0) is 29.6 Å². The number of carbonyl (C=O) groups is 2. The van der Waals surface area contributed by atoms with Gasteiger partial charge in [-0.05, 0) is 44.1 Å². The number of benzene rings is 2. The average molecular weight is 484 g/mol. The third kappa shape index (κ3) is 5.37. The van der Waals surface area contributed by atoms with Crippen molar-refractivity contribution in [1.29, 1.82) is 0 Å². The highest BCUT2D eigenvalue weighted by atomic mass is 19.1. The molecule has 35 heavy (non-hydrogen) atoms. The highest BCUT2D eigenvalue weighted by molar-refractivity contribution is 5.91. The van der Waals surface area contributed by atoms with Crippen molar-refractivity contribution < 1.29 is 18.4 Å². The summed E-state index contributed by atoms with van der Waals surface area (Å²) in [6.45, 7) is 0.907. The Hall–Kier alpha value is -3.66. The van der Waals surface area contributed by atoms with Crippen molar-refractivity contribution in [3.05, 3.63) is 75.7 Å². The van der Waals surface area contributed by atoms with Crippen LogP contribution < -0.4 is 21.5 Å². The number of para-hydroxylation sites is 2. The van der Waals surface area contributed by atoms with Gasteiger partial charge in [0.05, 0.1) is 11.0 Å². The molecule has 1 aliphatic rings. The number of aryl methyl sites for hydroxylation is 2. The number of fused-ring (bicyclic) bond motifs is 1. The largest absolute Gasteiger partial charge is 0.350 e. The summed E-state index contributed by atoms with van der Waals surface area (Å²) >= 11 is 0. The lowest BCUT2D eigenvalue weighted by Gasteiger charge is -2.37. The number of carbonyl (C=O) groups excluding carboxylic acids is 2. The fraction of sp³-hybridized carbons (Fsp3) is 0.360. The van der Waals surface area contributed by atoms with Crippen molar-refractivity contribution in [2.24, 2.45) is 7.05 Å². The van der Waals surface area contributed by atoms with Crippen LogP contribution >= 0.6 is 0 Å². The molecule has 0 unspecified atom stereocenters. The second kappa shape index (κ2) is 10.3. The summed E-state index contributed by atoms with van der Waals surface area (Å²) < 4.78 is 28.6. The zero-order valence-electron chi connectivity index (χ0n) is 19.4. The molecule has 0 aliphatic carbocycles. The summed E-state index contributed by atoms with van der Waals surface area (Å²) in [6, 6.07) is 10.4. The van der Waals surface area contributed by atoms with Gasteiger partial charge in [-0.25, -0.2) is 13.8 Å². The highest BCUT2D eigenvalue weighted by Gasteiger charge is 2.40. The molecule has 10 heteroatoms. The number of halogens is 2. The Balaban J connectivity index is 1.44. The Morgan fingerprint density at radius 2 is 1.89 bits per heavy atom. The lowest BCUT2D eigenvalue weighted by molar-refractivity contribution is -0.135. The van der Waals surface area contributed by atoms with Crippen LogP contribution in [0.15, 0.2) is 47.3 Å². The number of hydrogen-bond donors (Lipinski definition) is 3. The number of aromatic nitrogens is 2. The van der Waals surface area contributed by atoms with Crippen molar-refractivity contribution in [1.82, 2.24) is 25.5 Å². The Kier molecular flexibility index (Phi) is 7.20. The van der Waals surface area contributed by atoms with E-state index in [2.05, 4.69) is 20.9 Å². The first-order chi connectivity index (χ1) is 16.8. The SMILES string of the molecule is Cn1c(=O)c(CCC(=O)NC2(C(=O)NCc3ccc(F)cc3F)CCNCC2)nc2ccccc21. The van der Waals surface area contributed by atoms with E-state index in [9.17, 15) is 23.2 Å². The molecule has 3 aromatic rings. The number of nitrogens with zero attached hydrogens (tertiary/aromatic N) is 2. The minimum absolute atomic E-state index is 0.0182. The molecular formula is C25H27F2N5O3. The number of piperidine rings is 1. The van der Waals surface area contributed by atoms with E-state index in [1.54, 1.807) is 19.2 Å². The van der Waals surface area contributed by atoms with Crippen LogP contribution in [0.1, 0.15) is 30.5 Å². The van der Waals surface area contributed by atoms with Gasteiger partial charge in [-0.3, -0.25) is 14.4 Å². The van der Waals surface area contributed by atoms with E-state index in [-0.39, 0.29) is 42.1 Å². The monoisotopic (exact) mass is 483 g/mol. The van der Waals surface area contributed by atoms with Crippen LogP contribution in [0.5, 0.6) is 0 Å². The van der Waals surface area contributed by atoms with Crippen LogP contribution in [0.4, 0.5) is 8.78 Å². The molecule has 1 aromatic heterocycles. The number of amides is 2. The molecule has 2 amide bonds. The highest BCUT2D eigenvalue weighted by Crippen LogP contribution is 2.20. The molecule has 0 atom stereocenters. The van der Waals surface area contributed by atoms with Crippen molar-refractivity contribution in [2.45, 2.75) is 37.8 Å². The van der Waals surface area contributed by atoms with Gasteiger partial charge in [0, 0.05) is 38.1 Å². The number of nitrogens with one attached hydrogen (secondary N) is 3. The first-order valence-corrected chi connectivity index (χ1v) is 11.5. The van der Waals surface area contributed by atoms with Crippen molar-refractivity contribution in [2.75, 3.05) is 13.1 Å². The zero-order chi connectivity index (χ0) is 25.0. The molecule has 1 saturated heterocycles. The molecule has 2 heterocycles. The zero-order valence-corrected chi connectivity index (χ0v) is 19.4. The molecule has 0 saturated carbocycles. The molecule has 8 nitrogen and oxygen atoms in total. The maximum atomic E-state index is 14.0. The van der Waals surface area contributed by atoms with E-state index in [1.807, 2.05) is 12.1 Å². The van der Waals surface area contributed by atoms with E-state index in [4.69, 9.17) is 0 Å². The fourth-order valence-electron chi connectivity index (χ4n) is 4.33. The maximum absolute atomic E-state index is 14.0. The van der Waals surface area contributed by atoms with Crippen LogP contribution in [0, 0.1) is 11.6 Å².